The second kappa shape index (κ2) is 5.92. The summed E-state index contributed by atoms with van der Waals surface area (Å²) in [6.45, 7) is 3.77. The molecular weight excluding hydrogens is 326 g/mol. The molecule has 0 radical (unpaired) electrons. The Morgan fingerprint density at radius 3 is 2.90 bits per heavy atom. The molecule has 0 unspecified atom stereocenters. The average molecular weight is 338 g/mol. The maximum absolute atomic E-state index is 11.9. The van der Waals surface area contributed by atoms with Crippen LogP contribution in [0.3, 0.4) is 0 Å². The van der Waals surface area contributed by atoms with Crippen molar-refractivity contribution in [1.82, 2.24) is 5.32 Å². The van der Waals surface area contributed by atoms with Gasteiger partial charge >= 0.3 is 5.63 Å². The molecule has 1 N–H and O–H groups in total. The van der Waals surface area contributed by atoms with E-state index in [1.807, 2.05) is 0 Å². The summed E-state index contributed by atoms with van der Waals surface area (Å²) >= 11 is 3.33. The molecule has 0 saturated heterocycles. The Labute approximate surface area is 123 Å². The SMILES string of the molecule is C=CCNC(=O)c1cc2cc(Br)cc(OC)c2oc1=O. The minimum Gasteiger partial charge on any atom is -0.493 e. The highest BCUT2D eigenvalue weighted by atomic mass is 79.9. The fourth-order valence-electron chi connectivity index (χ4n) is 1.74. The Balaban J connectivity index is 2.60. The number of nitrogens with one attached hydrogen (secondary N) is 1. The Hall–Kier alpha value is -2.08. The van der Waals surface area contributed by atoms with Crippen molar-refractivity contribution in [2.45, 2.75) is 0 Å². The lowest BCUT2D eigenvalue weighted by atomic mass is 10.1. The van der Waals surface area contributed by atoms with Gasteiger partial charge in [0.05, 0.1) is 7.11 Å². The number of halogens is 1. The number of hydrogen-bond acceptors (Lipinski definition) is 4. The number of fused-ring (bicyclic) bond motifs is 1. The third-order valence-electron chi connectivity index (χ3n) is 2.63. The standard InChI is InChI=1S/C14H12BrNO4/c1-3-4-16-13(17)10-6-8-5-9(15)7-11(19-2)12(8)20-14(10)18/h3,5-7H,1,4H2,2H3,(H,16,17). The zero-order valence-electron chi connectivity index (χ0n) is 10.7. The molecule has 0 fully saturated rings. The quantitative estimate of drug-likeness (QED) is 0.687. The van der Waals surface area contributed by atoms with E-state index in [1.54, 1.807) is 12.1 Å². The van der Waals surface area contributed by atoms with Gasteiger partial charge in [-0.1, -0.05) is 22.0 Å². The highest BCUT2D eigenvalue weighted by Gasteiger charge is 2.15. The van der Waals surface area contributed by atoms with E-state index >= 15 is 0 Å². The van der Waals surface area contributed by atoms with E-state index in [1.165, 1.54) is 19.3 Å². The number of ether oxygens (including phenoxy) is 1. The van der Waals surface area contributed by atoms with E-state index in [2.05, 4.69) is 27.8 Å². The lowest BCUT2D eigenvalue weighted by molar-refractivity contribution is 0.0954. The van der Waals surface area contributed by atoms with Gasteiger partial charge in [-0.2, -0.15) is 0 Å². The van der Waals surface area contributed by atoms with Crippen molar-refractivity contribution in [3.63, 3.8) is 0 Å². The van der Waals surface area contributed by atoms with Gasteiger partial charge in [-0.05, 0) is 18.2 Å². The van der Waals surface area contributed by atoms with E-state index in [9.17, 15) is 9.59 Å². The maximum atomic E-state index is 11.9. The average Bonchev–Trinajstić information content (AvgIpc) is 2.43. The highest BCUT2D eigenvalue weighted by Crippen LogP contribution is 2.29. The first kappa shape index (κ1) is 14.3. The van der Waals surface area contributed by atoms with Crippen LogP contribution in [0, 0.1) is 0 Å². The van der Waals surface area contributed by atoms with E-state index in [0.717, 1.165) is 4.47 Å². The smallest absolute Gasteiger partial charge is 0.349 e. The lowest BCUT2D eigenvalue weighted by Gasteiger charge is -2.07. The van der Waals surface area contributed by atoms with Crippen molar-refractivity contribution in [3.05, 3.63) is 51.3 Å². The van der Waals surface area contributed by atoms with Gasteiger partial charge < -0.3 is 14.5 Å². The molecule has 0 atom stereocenters. The van der Waals surface area contributed by atoms with Gasteiger partial charge in [0, 0.05) is 16.4 Å². The fraction of sp³-hybridized carbons (Fsp3) is 0.143. The third-order valence-corrected chi connectivity index (χ3v) is 3.09. The number of carbonyl (C=O) groups excluding carboxylic acids is 1. The predicted molar refractivity (Wildman–Crippen MR) is 79.3 cm³/mol. The summed E-state index contributed by atoms with van der Waals surface area (Å²) in [5.41, 5.74) is -0.458. The zero-order valence-corrected chi connectivity index (χ0v) is 12.3. The lowest BCUT2D eigenvalue weighted by Crippen LogP contribution is -2.28. The number of hydrogen-bond donors (Lipinski definition) is 1. The van der Waals surface area contributed by atoms with Crippen molar-refractivity contribution >= 4 is 32.8 Å². The van der Waals surface area contributed by atoms with Gasteiger partial charge in [0.2, 0.25) is 0 Å². The summed E-state index contributed by atoms with van der Waals surface area (Å²) < 4.78 is 11.1. The molecule has 0 aliphatic heterocycles. The van der Waals surface area contributed by atoms with Crippen LogP contribution in [0.2, 0.25) is 0 Å². The molecule has 0 spiro atoms. The summed E-state index contributed by atoms with van der Waals surface area (Å²) in [5, 5.41) is 3.13. The van der Waals surface area contributed by atoms with Crippen LogP contribution in [-0.2, 0) is 0 Å². The van der Waals surface area contributed by atoms with E-state index < -0.39 is 11.5 Å². The summed E-state index contributed by atoms with van der Waals surface area (Å²) in [5.74, 6) is -0.0796. The molecule has 1 aromatic carbocycles. The second-order valence-electron chi connectivity index (χ2n) is 3.97. The van der Waals surface area contributed by atoms with Gasteiger partial charge in [-0.3, -0.25) is 4.79 Å². The molecule has 0 bridgehead atoms. The molecule has 6 heteroatoms. The number of benzene rings is 1. The summed E-state index contributed by atoms with van der Waals surface area (Å²) in [6.07, 6.45) is 1.53. The van der Waals surface area contributed by atoms with Crippen LogP contribution in [0.4, 0.5) is 0 Å². The van der Waals surface area contributed by atoms with Crippen LogP contribution in [-0.4, -0.2) is 19.6 Å². The molecule has 0 aliphatic carbocycles. The number of rotatable bonds is 4. The van der Waals surface area contributed by atoms with Gasteiger partial charge in [0.1, 0.15) is 5.56 Å². The van der Waals surface area contributed by atoms with Gasteiger partial charge in [-0.25, -0.2) is 4.79 Å². The molecule has 0 saturated carbocycles. The van der Waals surface area contributed by atoms with Gasteiger partial charge in [0.15, 0.2) is 11.3 Å². The fourth-order valence-corrected chi connectivity index (χ4v) is 2.19. The first-order valence-corrected chi connectivity index (χ1v) is 6.56. The molecule has 20 heavy (non-hydrogen) atoms. The van der Waals surface area contributed by atoms with Crippen molar-refractivity contribution in [3.8, 4) is 5.75 Å². The first-order chi connectivity index (χ1) is 9.56. The van der Waals surface area contributed by atoms with E-state index in [4.69, 9.17) is 9.15 Å². The molecule has 2 aromatic rings. The largest absolute Gasteiger partial charge is 0.493 e. The van der Waals surface area contributed by atoms with Crippen LogP contribution in [0.25, 0.3) is 11.0 Å². The first-order valence-electron chi connectivity index (χ1n) is 5.77. The Morgan fingerprint density at radius 1 is 1.50 bits per heavy atom. The Kier molecular flexibility index (Phi) is 4.24. The normalized spacial score (nSPS) is 10.3. The van der Waals surface area contributed by atoms with Crippen molar-refractivity contribution < 1.29 is 13.9 Å². The molecule has 1 heterocycles. The second-order valence-corrected chi connectivity index (χ2v) is 4.89. The maximum Gasteiger partial charge on any atom is 0.349 e. The molecule has 5 nitrogen and oxygen atoms in total. The molecule has 0 aliphatic rings. The van der Waals surface area contributed by atoms with Gasteiger partial charge in [-0.15, -0.1) is 6.58 Å². The summed E-state index contributed by atoms with van der Waals surface area (Å²) in [7, 11) is 1.48. The number of methoxy groups -OCH3 is 1. The zero-order chi connectivity index (χ0) is 14.7. The molecule has 2 rings (SSSR count). The van der Waals surface area contributed by atoms with E-state index in [0.29, 0.717) is 16.7 Å². The predicted octanol–water partition coefficient (Wildman–Crippen LogP) is 2.48. The van der Waals surface area contributed by atoms with Crippen LogP contribution < -0.4 is 15.7 Å². The van der Waals surface area contributed by atoms with Crippen molar-refractivity contribution in [1.29, 1.82) is 0 Å². The van der Waals surface area contributed by atoms with Crippen LogP contribution in [0.1, 0.15) is 10.4 Å². The summed E-state index contributed by atoms with van der Waals surface area (Å²) in [6, 6.07) is 4.90. The van der Waals surface area contributed by atoms with Gasteiger partial charge in [0.25, 0.3) is 5.91 Å². The molecule has 104 valence electrons. The monoisotopic (exact) mass is 337 g/mol. The van der Waals surface area contributed by atoms with Crippen LogP contribution >= 0.6 is 15.9 Å². The topological polar surface area (TPSA) is 68.5 Å². The minimum absolute atomic E-state index is 0.0560. The Bertz CT molecular complexity index is 736. The molecule has 1 amide bonds. The van der Waals surface area contributed by atoms with Crippen molar-refractivity contribution in [2.24, 2.45) is 0 Å². The van der Waals surface area contributed by atoms with Crippen LogP contribution in [0.15, 0.2) is 44.5 Å². The summed E-state index contributed by atoms with van der Waals surface area (Å²) in [4.78, 5) is 23.7. The highest BCUT2D eigenvalue weighted by molar-refractivity contribution is 9.10. The number of amides is 1. The van der Waals surface area contributed by atoms with E-state index in [-0.39, 0.29) is 12.1 Å². The minimum atomic E-state index is -0.709. The van der Waals surface area contributed by atoms with Crippen LogP contribution in [0.5, 0.6) is 5.75 Å². The molecular formula is C14H12BrNO4. The van der Waals surface area contributed by atoms with Crippen molar-refractivity contribution in [2.75, 3.05) is 13.7 Å². The Morgan fingerprint density at radius 2 is 2.25 bits per heavy atom. The number of carbonyl (C=O) groups is 1. The molecule has 1 aromatic heterocycles. The third kappa shape index (κ3) is 2.75.